The van der Waals surface area contributed by atoms with Gasteiger partial charge >= 0.3 is 12.1 Å². The Morgan fingerprint density at radius 3 is 2.18 bits per heavy atom. The maximum absolute atomic E-state index is 13.2. The van der Waals surface area contributed by atoms with Gasteiger partial charge in [0.2, 0.25) is 0 Å². The van der Waals surface area contributed by atoms with Gasteiger partial charge in [0.25, 0.3) is 0 Å². The van der Waals surface area contributed by atoms with E-state index in [4.69, 9.17) is 19.5 Å². The van der Waals surface area contributed by atoms with E-state index in [1.54, 1.807) is 65.8 Å². The van der Waals surface area contributed by atoms with Crippen LogP contribution in [-0.2, 0) is 19.0 Å². The Kier molecular flexibility index (Phi) is 6.05. The number of esters is 1. The first-order valence-electron chi connectivity index (χ1n) is 9.22. The summed E-state index contributed by atoms with van der Waals surface area (Å²) in [4.78, 5) is 25.7. The number of ether oxygens (including phenoxy) is 3. The van der Waals surface area contributed by atoms with Gasteiger partial charge < -0.3 is 19.5 Å². The van der Waals surface area contributed by atoms with Gasteiger partial charge in [-0.05, 0) is 59.2 Å². The Morgan fingerprint density at radius 1 is 1.11 bits per heavy atom. The number of nitrogens with zero attached hydrogens (tertiary/aromatic N) is 1. The zero-order valence-electron chi connectivity index (χ0n) is 17.3. The third-order valence-electron chi connectivity index (χ3n) is 4.06. The first-order valence-corrected chi connectivity index (χ1v) is 9.22. The van der Waals surface area contributed by atoms with Crippen molar-refractivity contribution in [3.8, 4) is 6.07 Å². The van der Waals surface area contributed by atoms with Crippen molar-refractivity contribution in [2.75, 3.05) is 6.61 Å². The van der Waals surface area contributed by atoms with Gasteiger partial charge in [-0.25, -0.2) is 9.59 Å². The zero-order valence-corrected chi connectivity index (χ0v) is 17.3. The maximum Gasteiger partial charge on any atom is 0.408 e. The number of nitriles is 1. The molecule has 0 saturated carbocycles. The van der Waals surface area contributed by atoms with Gasteiger partial charge in [-0.2, -0.15) is 5.26 Å². The number of alkyl carbamates (subject to hydrolysis) is 1. The molecule has 1 N–H and O–H groups in total. The molecule has 1 aliphatic heterocycles. The lowest BCUT2D eigenvalue weighted by Crippen LogP contribution is -2.59. The predicted octanol–water partition coefficient (Wildman–Crippen LogP) is 3.62. The van der Waals surface area contributed by atoms with Gasteiger partial charge in [-0.3, -0.25) is 0 Å². The van der Waals surface area contributed by atoms with Crippen LogP contribution >= 0.6 is 0 Å². The SMILES string of the molecule is CC(C)(C)OC(=O)N[C@@]1(C(=O)OC(C)(C)C)CCO[C@@H]1c1ccc(C#N)cc1. The average molecular weight is 388 g/mol. The summed E-state index contributed by atoms with van der Waals surface area (Å²) in [6.07, 6.45) is -1.24. The molecule has 0 aliphatic carbocycles. The number of rotatable bonds is 3. The molecule has 1 saturated heterocycles. The first-order chi connectivity index (χ1) is 12.9. The second kappa shape index (κ2) is 7.80. The monoisotopic (exact) mass is 388 g/mol. The Morgan fingerprint density at radius 2 is 1.68 bits per heavy atom. The van der Waals surface area contributed by atoms with Crippen LogP contribution in [0.25, 0.3) is 0 Å². The Hall–Kier alpha value is -2.59. The zero-order chi connectivity index (χ0) is 21.2. The quantitative estimate of drug-likeness (QED) is 0.794. The van der Waals surface area contributed by atoms with Crippen molar-refractivity contribution >= 4 is 12.1 Å². The molecule has 0 spiro atoms. The van der Waals surface area contributed by atoms with Gasteiger partial charge in [0.15, 0.2) is 5.54 Å². The summed E-state index contributed by atoms with van der Waals surface area (Å²) in [5.41, 5.74) is -1.73. The molecular weight excluding hydrogens is 360 g/mol. The number of hydrogen-bond acceptors (Lipinski definition) is 6. The number of carbonyl (C=O) groups excluding carboxylic acids is 2. The van der Waals surface area contributed by atoms with Gasteiger partial charge in [-0.1, -0.05) is 12.1 Å². The lowest BCUT2D eigenvalue weighted by atomic mass is 9.86. The maximum atomic E-state index is 13.2. The molecule has 1 aliphatic rings. The van der Waals surface area contributed by atoms with E-state index in [-0.39, 0.29) is 13.0 Å². The van der Waals surface area contributed by atoms with E-state index in [0.717, 1.165) is 0 Å². The van der Waals surface area contributed by atoms with Crippen molar-refractivity contribution in [3.05, 3.63) is 35.4 Å². The highest BCUT2D eigenvalue weighted by Gasteiger charge is 2.55. The summed E-state index contributed by atoms with van der Waals surface area (Å²) >= 11 is 0. The molecule has 1 aromatic rings. The summed E-state index contributed by atoms with van der Waals surface area (Å²) in [6.45, 7) is 10.8. The van der Waals surface area contributed by atoms with Crippen LogP contribution in [0.15, 0.2) is 24.3 Å². The largest absolute Gasteiger partial charge is 0.458 e. The lowest BCUT2D eigenvalue weighted by molar-refractivity contribution is -0.166. The average Bonchev–Trinajstić information content (AvgIpc) is 2.96. The fourth-order valence-electron chi connectivity index (χ4n) is 2.97. The van der Waals surface area contributed by atoms with Crippen LogP contribution in [0.1, 0.15) is 65.2 Å². The molecular formula is C21H28N2O5. The third-order valence-corrected chi connectivity index (χ3v) is 4.06. The number of amides is 1. The van der Waals surface area contributed by atoms with Crippen LogP contribution in [0.5, 0.6) is 0 Å². The molecule has 0 bridgehead atoms. The molecule has 2 atom stereocenters. The standard InChI is InChI=1S/C21H28N2O5/c1-19(2,3)27-17(24)21(23-18(25)28-20(4,5)6)11-12-26-16(21)15-9-7-14(13-22)8-10-15/h7-10,16H,11-12H2,1-6H3,(H,23,25)/t16-,21+/m1/s1. The molecule has 1 fully saturated rings. The van der Waals surface area contributed by atoms with Gasteiger partial charge in [-0.15, -0.1) is 0 Å². The van der Waals surface area contributed by atoms with Crippen molar-refractivity contribution in [2.45, 2.75) is 70.8 Å². The van der Waals surface area contributed by atoms with E-state index in [0.29, 0.717) is 11.1 Å². The number of carbonyl (C=O) groups is 2. The molecule has 0 aromatic heterocycles. The van der Waals surface area contributed by atoms with E-state index in [1.165, 1.54) is 0 Å². The molecule has 7 nitrogen and oxygen atoms in total. The molecule has 2 rings (SSSR count). The summed E-state index contributed by atoms with van der Waals surface area (Å²) in [5, 5.41) is 11.7. The smallest absolute Gasteiger partial charge is 0.408 e. The van der Waals surface area contributed by atoms with Crippen LogP contribution in [0.3, 0.4) is 0 Å². The van der Waals surface area contributed by atoms with E-state index < -0.39 is 34.9 Å². The van der Waals surface area contributed by atoms with Crippen LogP contribution in [0.2, 0.25) is 0 Å². The van der Waals surface area contributed by atoms with Crippen molar-refractivity contribution < 1.29 is 23.8 Å². The molecule has 28 heavy (non-hydrogen) atoms. The van der Waals surface area contributed by atoms with Gasteiger partial charge in [0, 0.05) is 6.42 Å². The summed E-state index contributed by atoms with van der Waals surface area (Å²) in [7, 11) is 0. The van der Waals surface area contributed by atoms with Crippen molar-refractivity contribution in [2.24, 2.45) is 0 Å². The van der Waals surface area contributed by atoms with Gasteiger partial charge in [0.1, 0.15) is 17.3 Å². The summed E-state index contributed by atoms with van der Waals surface area (Å²) < 4.78 is 16.8. The molecule has 1 aromatic carbocycles. The highest BCUT2D eigenvalue weighted by molar-refractivity contribution is 5.87. The topological polar surface area (TPSA) is 97.7 Å². The van der Waals surface area contributed by atoms with Crippen LogP contribution in [0.4, 0.5) is 4.79 Å². The minimum atomic E-state index is -1.43. The molecule has 0 radical (unpaired) electrons. The Bertz CT molecular complexity index is 768. The molecule has 152 valence electrons. The minimum absolute atomic E-state index is 0.242. The van der Waals surface area contributed by atoms with Crippen LogP contribution in [-0.4, -0.2) is 35.4 Å². The third kappa shape index (κ3) is 5.23. The number of hydrogen-bond donors (Lipinski definition) is 1. The molecule has 7 heteroatoms. The van der Waals surface area contributed by atoms with E-state index in [9.17, 15) is 9.59 Å². The summed E-state index contributed by atoms with van der Waals surface area (Å²) in [5.74, 6) is -0.585. The predicted molar refractivity (Wildman–Crippen MR) is 102 cm³/mol. The van der Waals surface area contributed by atoms with Crippen LogP contribution < -0.4 is 5.32 Å². The van der Waals surface area contributed by atoms with E-state index >= 15 is 0 Å². The second-order valence-corrected chi connectivity index (χ2v) is 8.83. The number of benzene rings is 1. The lowest BCUT2D eigenvalue weighted by Gasteiger charge is -2.36. The Balaban J connectivity index is 2.41. The molecule has 1 heterocycles. The minimum Gasteiger partial charge on any atom is -0.458 e. The van der Waals surface area contributed by atoms with Crippen LogP contribution in [0, 0.1) is 11.3 Å². The van der Waals surface area contributed by atoms with Crippen molar-refractivity contribution in [1.82, 2.24) is 5.32 Å². The fraction of sp³-hybridized carbons (Fsp3) is 0.571. The normalized spacial score (nSPS) is 22.2. The highest BCUT2D eigenvalue weighted by atomic mass is 16.6. The first kappa shape index (κ1) is 21.7. The van der Waals surface area contributed by atoms with Gasteiger partial charge in [0.05, 0.1) is 18.2 Å². The summed E-state index contributed by atoms with van der Waals surface area (Å²) in [6, 6.07) is 8.77. The fourth-order valence-corrected chi connectivity index (χ4v) is 2.97. The molecule has 1 amide bonds. The highest BCUT2D eigenvalue weighted by Crippen LogP contribution is 2.40. The molecule has 0 unspecified atom stereocenters. The van der Waals surface area contributed by atoms with E-state index in [1.807, 2.05) is 0 Å². The van der Waals surface area contributed by atoms with Crippen molar-refractivity contribution in [1.29, 1.82) is 5.26 Å². The number of nitrogens with one attached hydrogen (secondary N) is 1. The second-order valence-electron chi connectivity index (χ2n) is 8.83. The van der Waals surface area contributed by atoms with Crippen molar-refractivity contribution in [3.63, 3.8) is 0 Å². The van der Waals surface area contributed by atoms with E-state index in [2.05, 4.69) is 11.4 Å². The Labute approximate surface area is 166 Å².